The molecule has 0 unspecified atom stereocenters. The lowest BCUT2D eigenvalue weighted by atomic mass is 9.66. The van der Waals surface area contributed by atoms with Crippen LogP contribution in [-0.4, -0.2) is 57.6 Å². The number of aromatic nitrogens is 1. The molecule has 0 bridgehead atoms. The lowest BCUT2D eigenvalue weighted by Crippen LogP contribution is -2.64. The van der Waals surface area contributed by atoms with Crippen molar-refractivity contribution in [1.29, 1.82) is 0 Å². The first kappa shape index (κ1) is 16.0. The second kappa shape index (κ2) is 6.10. The second-order valence-corrected chi connectivity index (χ2v) is 7.66. The standard InChI is InChI=1S/C18H26N4O2/c1-21-6-3-2-5-18(21)9-15(10-18)22-7-4-13-8-14(17(23)20-24)11-19-16(13)12-22/h8,11,15,24H,2-7,9-10,12H2,1H3,(H,20,23). The zero-order chi connectivity index (χ0) is 16.7. The minimum absolute atomic E-state index is 0.427. The molecule has 2 fully saturated rings. The molecule has 2 N–H and O–H groups in total. The molecule has 3 aliphatic rings. The van der Waals surface area contributed by atoms with Crippen LogP contribution in [0, 0.1) is 0 Å². The van der Waals surface area contributed by atoms with E-state index in [2.05, 4.69) is 21.8 Å². The van der Waals surface area contributed by atoms with Gasteiger partial charge in [0.2, 0.25) is 0 Å². The van der Waals surface area contributed by atoms with Crippen LogP contribution in [0.5, 0.6) is 0 Å². The second-order valence-electron chi connectivity index (χ2n) is 7.66. The molecule has 1 saturated carbocycles. The number of amides is 1. The smallest absolute Gasteiger partial charge is 0.276 e. The third kappa shape index (κ3) is 2.62. The molecule has 1 aromatic heterocycles. The number of piperidine rings is 1. The van der Waals surface area contributed by atoms with E-state index in [-0.39, 0.29) is 0 Å². The van der Waals surface area contributed by atoms with Crippen LogP contribution in [-0.2, 0) is 13.0 Å². The van der Waals surface area contributed by atoms with Gasteiger partial charge >= 0.3 is 0 Å². The fourth-order valence-corrected chi connectivity index (χ4v) is 4.76. The Hall–Kier alpha value is -1.50. The van der Waals surface area contributed by atoms with E-state index >= 15 is 0 Å². The minimum atomic E-state index is -0.492. The van der Waals surface area contributed by atoms with Gasteiger partial charge in [-0.25, -0.2) is 5.48 Å². The van der Waals surface area contributed by atoms with Crippen LogP contribution in [0.2, 0.25) is 0 Å². The number of carbonyl (C=O) groups excluding carboxylic acids is 1. The Bertz CT molecular complexity index is 642. The summed E-state index contributed by atoms with van der Waals surface area (Å²) in [6, 6.07) is 2.53. The third-order valence-electron chi connectivity index (χ3n) is 6.39. The normalized spacial score (nSPS) is 30.7. The van der Waals surface area contributed by atoms with Gasteiger partial charge in [-0.05, 0) is 57.3 Å². The van der Waals surface area contributed by atoms with Gasteiger partial charge in [0, 0.05) is 30.9 Å². The van der Waals surface area contributed by atoms with Crippen LogP contribution in [0.3, 0.4) is 0 Å². The zero-order valence-electron chi connectivity index (χ0n) is 14.3. The van der Waals surface area contributed by atoms with Crippen molar-refractivity contribution < 1.29 is 10.0 Å². The van der Waals surface area contributed by atoms with E-state index < -0.39 is 5.91 Å². The van der Waals surface area contributed by atoms with Crippen molar-refractivity contribution >= 4 is 5.91 Å². The summed E-state index contributed by atoms with van der Waals surface area (Å²) < 4.78 is 0. The average molecular weight is 330 g/mol. The van der Waals surface area contributed by atoms with Gasteiger partial charge in [0.25, 0.3) is 5.91 Å². The van der Waals surface area contributed by atoms with Gasteiger partial charge in [-0.3, -0.25) is 19.9 Å². The first-order valence-electron chi connectivity index (χ1n) is 8.99. The molecule has 3 heterocycles. The van der Waals surface area contributed by atoms with E-state index in [0.29, 0.717) is 17.1 Å². The monoisotopic (exact) mass is 330 g/mol. The largest absolute Gasteiger partial charge is 0.301 e. The van der Waals surface area contributed by atoms with Gasteiger partial charge in [0.15, 0.2) is 0 Å². The van der Waals surface area contributed by atoms with Gasteiger partial charge in [-0.2, -0.15) is 0 Å². The summed E-state index contributed by atoms with van der Waals surface area (Å²) in [5, 5.41) is 8.75. The maximum absolute atomic E-state index is 11.5. The molecular weight excluding hydrogens is 304 g/mol. The Balaban J connectivity index is 1.42. The van der Waals surface area contributed by atoms with E-state index in [1.165, 1.54) is 38.6 Å². The molecule has 6 heteroatoms. The van der Waals surface area contributed by atoms with Gasteiger partial charge in [0.1, 0.15) is 0 Å². The number of nitrogens with zero attached hydrogens (tertiary/aromatic N) is 3. The highest BCUT2D eigenvalue weighted by Gasteiger charge is 2.49. The molecule has 1 aliphatic carbocycles. The van der Waals surface area contributed by atoms with E-state index in [0.717, 1.165) is 30.8 Å². The maximum Gasteiger partial charge on any atom is 0.276 e. The predicted molar refractivity (Wildman–Crippen MR) is 89.8 cm³/mol. The van der Waals surface area contributed by atoms with Crippen molar-refractivity contribution in [3.05, 3.63) is 29.1 Å². The molecule has 24 heavy (non-hydrogen) atoms. The minimum Gasteiger partial charge on any atom is -0.301 e. The summed E-state index contributed by atoms with van der Waals surface area (Å²) in [7, 11) is 2.29. The van der Waals surface area contributed by atoms with Gasteiger partial charge < -0.3 is 4.90 Å². The molecule has 1 amide bonds. The summed E-state index contributed by atoms with van der Waals surface area (Å²) in [5.74, 6) is -0.492. The lowest BCUT2D eigenvalue weighted by molar-refractivity contribution is -0.0640. The van der Waals surface area contributed by atoms with Crippen molar-refractivity contribution in [2.24, 2.45) is 0 Å². The number of hydroxylamine groups is 1. The van der Waals surface area contributed by atoms with E-state index in [4.69, 9.17) is 5.21 Å². The zero-order valence-corrected chi connectivity index (χ0v) is 14.3. The van der Waals surface area contributed by atoms with Crippen LogP contribution in [0.4, 0.5) is 0 Å². The van der Waals surface area contributed by atoms with E-state index in [1.807, 2.05) is 6.07 Å². The van der Waals surface area contributed by atoms with E-state index in [1.54, 1.807) is 11.7 Å². The van der Waals surface area contributed by atoms with Crippen LogP contribution in [0.1, 0.15) is 53.7 Å². The van der Waals surface area contributed by atoms with E-state index in [9.17, 15) is 4.79 Å². The molecule has 0 aromatic carbocycles. The van der Waals surface area contributed by atoms with Crippen molar-refractivity contribution in [3.63, 3.8) is 0 Å². The third-order valence-corrected chi connectivity index (χ3v) is 6.39. The molecule has 1 spiro atoms. The Labute approximate surface area is 142 Å². The summed E-state index contributed by atoms with van der Waals surface area (Å²) in [6.07, 6.45) is 9.11. The quantitative estimate of drug-likeness (QED) is 0.636. The fraction of sp³-hybridized carbons (Fsp3) is 0.667. The van der Waals surface area contributed by atoms with Crippen LogP contribution >= 0.6 is 0 Å². The SMILES string of the molecule is CN1CCCCC12CC(N1CCc3cc(C(=O)NO)cnc3C1)C2. The number of hydrogen-bond acceptors (Lipinski definition) is 5. The van der Waals surface area contributed by atoms with Gasteiger partial charge in [-0.1, -0.05) is 6.42 Å². The van der Waals surface area contributed by atoms with Crippen LogP contribution in [0.25, 0.3) is 0 Å². The molecule has 6 nitrogen and oxygen atoms in total. The van der Waals surface area contributed by atoms with Crippen LogP contribution < -0.4 is 5.48 Å². The molecular formula is C18H26N4O2. The first-order chi connectivity index (χ1) is 11.6. The average Bonchev–Trinajstić information content (AvgIpc) is 2.59. The van der Waals surface area contributed by atoms with Crippen molar-refractivity contribution in [1.82, 2.24) is 20.3 Å². The number of fused-ring (bicyclic) bond motifs is 1. The Kier molecular flexibility index (Phi) is 4.06. The number of nitrogens with one attached hydrogen (secondary N) is 1. The topological polar surface area (TPSA) is 68.7 Å². The lowest BCUT2D eigenvalue weighted by Gasteiger charge is -2.58. The fourth-order valence-electron chi connectivity index (χ4n) is 4.76. The van der Waals surface area contributed by atoms with Crippen molar-refractivity contribution in [3.8, 4) is 0 Å². The van der Waals surface area contributed by atoms with Crippen molar-refractivity contribution in [2.45, 2.75) is 56.7 Å². The molecule has 4 rings (SSSR count). The number of pyridine rings is 1. The Morgan fingerprint density at radius 1 is 1.38 bits per heavy atom. The molecule has 130 valence electrons. The van der Waals surface area contributed by atoms with Gasteiger partial charge in [0.05, 0.1) is 11.3 Å². The highest BCUT2D eigenvalue weighted by molar-refractivity contribution is 5.93. The molecule has 0 radical (unpaired) electrons. The van der Waals surface area contributed by atoms with Crippen molar-refractivity contribution in [2.75, 3.05) is 20.1 Å². The van der Waals surface area contributed by atoms with Crippen LogP contribution in [0.15, 0.2) is 12.3 Å². The molecule has 2 aliphatic heterocycles. The molecule has 0 atom stereocenters. The summed E-state index contributed by atoms with van der Waals surface area (Å²) in [6.45, 7) is 3.15. The summed E-state index contributed by atoms with van der Waals surface area (Å²) in [4.78, 5) is 21.1. The summed E-state index contributed by atoms with van der Waals surface area (Å²) >= 11 is 0. The Morgan fingerprint density at radius 3 is 2.96 bits per heavy atom. The predicted octanol–water partition coefficient (Wildman–Crippen LogP) is 1.58. The highest BCUT2D eigenvalue weighted by atomic mass is 16.5. The van der Waals surface area contributed by atoms with Gasteiger partial charge in [-0.15, -0.1) is 0 Å². The highest BCUT2D eigenvalue weighted by Crippen LogP contribution is 2.46. The summed E-state index contributed by atoms with van der Waals surface area (Å²) in [5.41, 5.74) is 4.77. The molecule has 1 aromatic rings. The number of hydrogen-bond donors (Lipinski definition) is 2. The number of rotatable bonds is 2. The maximum atomic E-state index is 11.5. The number of carbonyl (C=O) groups is 1. The number of likely N-dealkylation sites (tertiary alicyclic amines) is 1. The Morgan fingerprint density at radius 2 is 2.21 bits per heavy atom. The molecule has 1 saturated heterocycles. The first-order valence-corrected chi connectivity index (χ1v) is 8.99.